The number of nitro groups is 1. The van der Waals surface area contributed by atoms with E-state index in [1.54, 1.807) is 12.1 Å². The van der Waals surface area contributed by atoms with Gasteiger partial charge in [0.15, 0.2) is 0 Å². The molecule has 25 heavy (non-hydrogen) atoms. The molecule has 0 bridgehead atoms. The number of aryl methyl sites for hydroxylation is 2. The van der Waals surface area contributed by atoms with E-state index in [0.29, 0.717) is 12.1 Å². The quantitative estimate of drug-likeness (QED) is 0.658. The largest absolute Gasteiger partial charge is 0.334 e. The van der Waals surface area contributed by atoms with Gasteiger partial charge < -0.3 is 10.2 Å². The maximum absolute atomic E-state index is 12.6. The van der Waals surface area contributed by atoms with Crippen LogP contribution in [0.2, 0.25) is 0 Å². The molecule has 1 aromatic carbocycles. The average molecular weight is 343 g/mol. The third-order valence-corrected chi connectivity index (χ3v) is 4.60. The van der Waals surface area contributed by atoms with Gasteiger partial charge >= 0.3 is 6.03 Å². The summed E-state index contributed by atoms with van der Waals surface area (Å²) in [7, 11) is 0. The lowest BCUT2D eigenvalue weighted by Gasteiger charge is -2.25. The van der Waals surface area contributed by atoms with Crippen LogP contribution in [0.15, 0.2) is 24.3 Å². The zero-order chi connectivity index (χ0) is 18.0. The molecule has 2 N–H and O–H groups in total. The summed E-state index contributed by atoms with van der Waals surface area (Å²) in [5, 5.41) is 20.9. The lowest BCUT2D eigenvalue weighted by Crippen LogP contribution is -2.39. The average Bonchev–Trinajstić information content (AvgIpc) is 3.19. The number of non-ortho nitro benzene ring substituents is 1. The van der Waals surface area contributed by atoms with Crippen molar-refractivity contribution in [2.24, 2.45) is 0 Å². The summed E-state index contributed by atoms with van der Waals surface area (Å²) < 4.78 is 0. The number of carbonyl (C=O) groups is 1. The van der Waals surface area contributed by atoms with Crippen LogP contribution in [0.25, 0.3) is 0 Å². The molecule has 0 saturated carbocycles. The fourth-order valence-corrected chi connectivity index (χ4v) is 3.42. The lowest BCUT2D eigenvalue weighted by molar-refractivity contribution is -0.384. The van der Waals surface area contributed by atoms with Crippen molar-refractivity contribution < 1.29 is 9.72 Å². The highest BCUT2D eigenvalue weighted by Gasteiger charge is 2.32. The minimum atomic E-state index is -0.438. The Morgan fingerprint density at radius 3 is 2.96 bits per heavy atom. The van der Waals surface area contributed by atoms with Crippen LogP contribution in [-0.2, 0) is 6.54 Å². The highest BCUT2D eigenvalue weighted by atomic mass is 16.6. The predicted octanol–water partition coefficient (Wildman–Crippen LogP) is 2.98. The number of hydrogen-bond donors (Lipinski definition) is 2. The van der Waals surface area contributed by atoms with E-state index in [0.717, 1.165) is 29.8 Å². The van der Waals surface area contributed by atoms with Crippen LogP contribution in [0, 0.1) is 24.0 Å². The van der Waals surface area contributed by atoms with E-state index in [4.69, 9.17) is 0 Å². The summed E-state index contributed by atoms with van der Waals surface area (Å²) in [6.45, 7) is 4.85. The van der Waals surface area contributed by atoms with Crippen molar-refractivity contribution in [2.75, 3.05) is 6.54 Å². The number of aromatic amines is 1. The molecule has 1 aliphatic rings. The smallest absolute Gasteiger partial charge is 0.318 e. The third kappa shape index (κ3) is 3.47. The van der Waals surface area contributed by atoms with Crippen LogP contribution in [-0.4, -0.2) is 32.6 Å². The van der Waals surface area contributed by atoms with Crippen molar-refractivity contribution in [1.82, 2.24) is 20.4 Å². The Kier molecular flexibility index (Phi) is 4.69. The number of urea groups is 1. The molecule has 2 aromatic rings. The highest BCUT2D eigenvalue weighted by Crippen LogP contribution is 2.34. The molecule has 3 rings (SSSR count). The van der Waals surface area contributed by atoms with E-state index in [-0.39, 0.29) is 24.3 Å². The molecule has 0 unspecified atom stereocenters. The minimum Gasteiger partial charge on any atom is -0.334 e. The van der Waals surface area contributed by atoms with Crippen LogP contribution >= 0.6 is 0 Å². The number of aromatic nitrogens is 2. The Morgan fingerprint density at radius 2 is 2.28 bits per heavy atom. The number of benzene rings is 1. The second-order valence-corrected chi connectivity index (χ2v) is 6.28. The van der Waals surface area contributed by atoms with Crippen LogP contribution in [0.5, 0.6) is 0 Å². The Hall–Kier alpha value is -2.90. The van der Waals surface area contributed by atoms with E-state index in [1.165, 1.54) is 12.1 Å². The van der Waals surface area contributed by atoms with Gasteiger partial charge in [-0.1, -0.05) is 12.1 Å². The first-order chi connectivity index (χ1) is 12.0. The SMILES string of the molecule is Cc1n[nH]c(C)c1[C@@H]1CCCN1C(=O)NCc1cccc([N+](=O)[O-])c1. The van der Waals surface area contributed by atoms with E-state index in [2.05, 4.69) is 15.5 Å². The van der Waals surface area contributed by atoms with Crippen LogP contribution in [0.1, 0.15) is 41.4 Å². The van der Waals surface area contributed by atoms with E-state index < -0.39 is 4.92 Å². The van der Waals surface area contributed by atoms with Crippen molar-refractivity contribution in [1.29, 1.82) is 0 Å². The van der Waals surface area contributed by atoms with Crippen LogP contribution in [0.4, 0.5) is 10.5 Å². The number of likely N-dealkylation sites (tertiary alicyclic amines) is 1. The zero-order valence-corrected chi connectivity index (χ0v) is 14.3. The second-order valence-electron chi connectivity index (χ2n) is 6.28. The summed E-state index contributed by atoms with van der Waals surface area (Å²) >= 11 is 0. The second kappa shape index (κ2) is 6.92. The molecule has 0 spiro atoms. The maximum Gasteiger partial charge on any atom is 0.318 e. The van der Waals surface area contributed by atoms with Crippen LogP contribution in [0.3, 0.4) is 0 Å². The molecule has 0 radical (unpaired) electrons. The van der Waals surface area contributed by atoms with Crippen molar-refractivity contribution in [3.63, 3.8) is 0 Å². The van der Waals surface area contributed by atoms with E-state index in [1.807, 2.05) is 18.7 Å². The van der Waals surface area contributed by atoms with Gasteiger partial charge in [0.1, 0.15) is 0 Å². The molecule has 2 amide bonds. The summed E-state index contributed by atoms with van der Waals surface area (Å²) in [5.74, 6) is 0. The Balaban J connectivity index is 1.68. The van der Waals surface area contributed by atoms with Gasteiger partial charge in [0, 0.05) is 36.5 Å². The molecule has 0 aliphatic carbocycles. The monoisotopic (exact) mass is 343 g/mol. The first-order valence-corrected chi connectivity index (χ1v) is 8.26. The van der Waals surface area contributed by atoms with Crippen molar-refractivity contribution in [3.05, 3.63) is 56.9 Å². The molecule has 1 aliphatic heterocycles. The van der Waals surface area contributed by atoms with Gasteiger partial charge in [0.25, 0.3) is 5.69 Å². The number of nitrogens with zero attached hydrogens (tertiary/aromatic N) is 3. The maximum atomic E-state index is 12.6. The molecular weight excluding hydrogens is 322 g/mol. The molecular formula is C17H21N5O3. The number of nitro benzene ring substituents is 1. The Bertz CT molecular complexity index is 782. The number of hydrogen-bond acceptors (Lipinski definition) is 4. The van der Waals surface area contributed by atoms with Gasteiger partial charge in [-0.3, -0.25) is 15.2 Å². The molecule has 1 fully saturated rings. The molecule has 1 saturated heterocycles. The van der Waals surface area contributed by atoms with Crippen LogP contribution < -0.4 is 5.32 Å². The normalized spacial score (nSPS) is 16.9. The zero-order valence-electron chi connectivity index (χ0n) is 14.3. The minimum absolute atomic E-state index is 0.0175. The first-order valence-electron chi connectivity index (χ1n) is 8.26. The van der Waals surface area contributed by atoms with Gasteiger partial charge in [-0.25, -0.2) is 4.79 Å². The van der Waals surface area contributed by atoms with Crippen molar-refractivity contribution >= 4 is 11.7 Å². The van der Waals surface area contributed by atoms with Crippen molar-refractivity contribution in [2.45, 2.75) is 39.3 Å². The van der Waals surface area contributed by atoms with E-state index >= 15 is 0 Å². The Morgan fingerprint density at radius 1 is 1.48 bits per heavy atom. The summed E-state index contributed by atoms with van der Waals surface area (Å²) in [6.07, 6.45) is 1.85. The molecule has 1 aromatic heterocycles. The number of H-pyrrole nitrogens is 1. The molecule has 8 heteroatoms. The fourth-order valence-electron chi connectivity index (χ4n) is 3.42. The number of nitrogens with one attached hydrogen (secondary N) is 2. The molecule has 2 heterocycles. The topological polar surface area (TPSA) is 104 Å². The number of rotatable bonds is 4. The predicted molar refractivity (Wildman–Crippen MR) is 92.1 cm³/mol. The lowest BCUT2D eigenvalue weighted by atomic mass is 10.0. The highest BCUT2D eigenvalue weighted by molar-refractivity contribution is 5.75. The summed E-state index contributed by atoms with van der Waals surface area (Å²) in [6, 6.07) is 6.16. The van der Waals surface area contributed by atoms with Gasteiger partial charge in [0.2, 0.25) is 0 Å². The third-order valence-electron chi connectivity index (χ3n) is 4.60. The summed E-state index contributed by atoms with van der Waals surface area (Å²) in [4.78, 5) is 24.8. The molecule has 132 valence electrons. The van der Waals surface area contributed by atoms with Gasteiger partial charge in [-0.05, 0) is 32.3 Å². The number of carbonyl (C=O) groups excluding carboxylic acids is 1. The van der Waals surface area contributed by atoms with Gasteiger partial charge in [-0.15, -0.1) is 0 Å². The molecule has 8 nitrogen and oxygen atoms in total. The van der Waals surface area contributed by atoms with Gasteiger partial charge in [-0.2, -0.15) is 5.10 Å². The standard InChI is InChI=1S/C17H21N5O3/c1-11-16(12(2)20-19-11)15-7-4-8-21(15)17(23)18-10-13-5-3-6-14(9-13)22(24)25/h3,5-6,9,15H,4,7-8,10H2,1-2H3,(H,18,23)(H,19,20)/t15-/m0/s1. The Labute approximate surface area is 145 Å². The van der Waals surface area contributed by atoms with Gasteiger partial charge in [0.05, 0.1) is 16.7 Å². The first kappa shape index (κ1) is 16.9. The summed E-state index contributed by atoms with van der Waals surface area (Å²) in [5.41, 5.74) is 3.72. The number of amides is 2. The molecule has 1 atom stereocenters. The fraction of sp³-hybridized carbons (Fsp3) is 0.412. The van der Waals surface area contributed by atoms with E-state index in [9.17, 15) is 14.9 Å². The van der Waals surface area contributed by atoms with Crippen molar-refractivity contribution in [3.8, 4) is 0 Å².